The van der Waals surface area contributed by atoms with Gasteiger partial charge < -0.3 is 15.8 Å². The third-order valence-electron chi connectivity index (χ3n) is 3.90. The predicted octanol–water partition coefficient (Wildman–Crippen LogP) is 3.88. The summed E-state index contributed by atoms with van der Waals surface area (Å²) in [4.78, 5) is 17.2. The monoisotopic (exact) mass is 421 g/mol. The van der Waals surface area contributed by atoms with Crippen LogP contribution in [0.5, 0.6) is 5.75 Å². The van der Waals surface area contributed by atoms with E-state index in [4.69, 9.17) is 10.5 Å². The quantitative estimate of drug-likeness (QED) is 0.579. The van der Waals surface area contributed by atoms with Gasteiger partial charge in [0, 0.05) is 16.1 Å². The number of thiophene rings is 1. The van der Waals surface area contributed by atoms with Gasteiger partial charge in [0.1, 0.15) is 34.3 Å². The van der Waals surface area contributed by atoms with Crippen LogP contribution in [0, 0.1) is 22.7 Å². The lowest BCUT2D eigenvalue weighted by molar-refractivity contribution is -0.113. The molecule has 0 saturated carbocycles. The largest absolute Gasteiger partial charge is 0.497 e. The molecule has 3 rings (SSSR count). The van der Waals surface area contributed by atoms with Gasteiger partial charge >= 0.3 is 0 Å². The fourth-order valence-electron chi connectivity index (χ4n) is 2.58. The van der Waals surface area contributed by atoms with Crippen molar-refractivity contribution in [1.82, 2.24) is 4.98 Å². The molecule has 3 N–H and O–H groups in total. The highest BCUT2D eigenvalue weighted by atomic mass is 32.2. The number of hydrogen-bond acceptors (Lipinski definition) is 8. The first-order valence-corrected chi connectivity index (χ1v) is 10.2. The van der Waals surface area contributed by atoms with Gasteiger partial charge in [0.15, 0.2) is 0 Å². The highest BCUT2D eigenvalue weighted by molar-refractivity contribution is 8.00. The maximum absolute atomic E-state index is 12.3. The number of aromatic nitrogens is 1. The maximum atomic E-state index is 12.3. The molecule has 0 saturated heterocycles. The summed E-state index contributed by atoms with van der Waals surface area (Å²) < 4.78 is 5.09. The summed E-state index contributed by atoms with van der Waals surface area (Å²) in [6.45, 7) is 0. The Morgan fingerprint density at radius 3 is 2.55 bits per heavy atom. The molecule has 2 heterocycles. The second-order valence-corrected chi connectivity index (χ2v) is 7.61. The molecule has 1 amide bonds. The second-order valence-electron chi connectivity index (χ2n) is 5.69. The van der Waals surface area contributed by atoms with E-state index in [-0.39, 0.29) is 28.6 Å². The molecule has 0 aliphatic carbocycles. The molecule has 144 valence electrons. The lowest BCUT2D eigenvalue weighted by Gasteiger charge is -2.11. The summed E-state index contributed by atoms with van der Waals surface area (Å²) >= 11 is 2.49. The number of pyridine rings is 1. The Morgan fingerprint density at radius 1 is 1.24 bits per heavy atom. The SMILES string of the molecule is COc1ccc(NC(=O)CSc2nc(N)c(C#N)c(-c3cccs3)c2C#N)cc1. The van der Waals surface area contributed by atoms with E-state index in [0.717, 1.165) is 16.6 Å². The Balaban J connectivity index is 1.83. The van der Waals surface area contributed by atoms with Crippen LogP contribution in [0.2, 0.25) is 0 Å². The zero-order chi connectivity index (χ0) is 20.8. The summed E-state index contributed by atoms with van der Waals surface area (Å²) in [7, 11) is 1.57. The molecular formula is C20H15N5O2S2. The van der Waals surface area contributed by atoms with E-state index in [0.29, 0.717) is 22.0 Å². The lowest BCUT2D eigenvalue weighted by atomic mass is 10.0. The molecule has 1 aromatic carbocycles. The number of ether oxygens (including phenoxy) is 1. The van der Waals surface area contributed by atoms with Gasteiger partial charge in [-0.2, -0.15) is 10.5 Å². The molecule has 29 heavy (non-hydrogen) atoms. The third kappa shape index (κ3) is 4.49. The van der Waals surface area contributed by atoms with Gasteiger partial charge in [-0.3, -0.25) is 4.79 Å². The number of amides is 1. The number of benzene rings is 1. The Labute approximate surface area is 175 Å². The van der Waals surface area contributed by atoms with Crippen LogP contribution in [0.15, 0.2) is 46.8 Å². The smallest absolute Gasteiger partial charge is 0.234 e. The molecule has 9 heteroatoms. The lowest BCUT2D eigenvalue weighted by Crippen LogP contribution is -2.14. The van der Waals surface area contributed by atoms with Crippen molar-refractivity contribution in [2.24, 2.45) is 0 Å². The molecule has 0 spiro atoms. The van der Waals surface area contributed by atoms with E-state index in [1.54, 1.807) is 31.4 Å². The Morgan fingerprint density at radius 2 is 1.97 bits per heavy atom. The zero-order valence-corrected chi connectivity index (χ0v) is 16.9. The number of nitrogens with zero attached hydrogens (tertiary/aromatic N) is 3. The molecule has 2 aromatic heterocycles. The molecule has 0 fully saturated rings. The number of carbonyl (C=O) groups excluding carboxylic acids is 1. The first-order chi connectivity index (χ1) is 14.1. The summed E-state index contributed by atoms with van der Waals surface area (Å²) in [6.07, 6.45) is 0. The molecule has 0 radical (unpaired) electrons. The van der Waals surface area contributed by atoms with Gasteiger partial charge in [-0.25, -0.2) is 4.98 Å². The number of nitrogens with two attached hydrogens (primary N) is 1. The fourth-order valence-corrected chi connectivity index (χ4v) is 4.15. The molecule has 0 bridgehead atoms. The summed E-state index contributed by atoms with van der Waals surface area (Å²) in [5, 5.41) is 24.1. The number of nitriles is 2. The highest BCUT2D eigenvalue weighted by Gasteiger charge is 2.21. The first kappa shape index (κ1) is 20.2. The average Bonchev–Trinajstić information content (AvgIpc) is 3.26. The van der Waals surface area contributed by atoms with E-state index in [9.17, 15) is 15.3 Å². The Hall–Kier alpha value is -3.53. The number of nitrogen functional groups attached to an aromatic ring is 1. The van der Waals surface area contributed by atoms with Crippen molar-refractivity contribution >= 4 is 40.5 Å². The van der Waals surface area contributed by atoms with Crippen molar-refractivity contribution in [1.29, 1.82) is 10.5 Å². The van der Waals surface area contributed by atoms with Gasteiger partial charge in [0.2, 0.25) is 5.91 Å². The van der Waals surface area contributed by atoms with Crippen LogP contribution < -0.4 is 15.8 Å². The van der Waals surface area contributed by atoms with Crippen molar-refractivity contribution in [3.8, 4) is 28.3 Å². The Kier molecular flexibility index (Phi) is 6.35. The van der Waals surface area contributed by atoms with Crippen LogP contribution >= 0.6 is 23.1 Å². The molecule has 0 aliphatic heterocycles. The molecule has 0 atom stereocenters. The normalized spacial score (nSPS) is 10.0. The van der Waals surface area contributed by atoms with Crippen molar-refractivity contribution in [2.75, 3.05) is 23.9 Å². The fraction of sp³-hybridized carbons (Fsp3) is 0.100. The summed E-state index contributed by atoms with van der Waals surface area (Å²) in [5.41, 5.74) is 7.44. The number of carbonyl (C=O) groups is 1. The number of anilines is 2. The van der Waals surface area contributed by atoms with Crippen LogP contribution in [0.1, 0.15) is 11.1 Å². The second kappa shape index (κ2) is 9.11. The van der Waals surface area contributed by atoms with Crippen molar-refractivity contribution in [3.63, 3.8) is 0 Å². The molecular weight excluding hydrogens is 406 g/mol. The summed E-state index contributed by atoms with van der Waals surface area (Å²) in [5.74, 6) is 0.497. The van der Waals surface area contributed by atoms with Gasteiger partial charge in [-0.1, -0.05) is 17.8 Å². The van der Waals surface area contributed by atoms with Crippen LogP contribution in [0.25, 0.3) is 10.4 Å². The van der Waals surface area contributed by atoms with Crippen LogP contribution in [-0.4, -0.2) is 23.8 Å². The number of hydrogen-bond donors (Lipinski definition) is 2. The van der Waals surface area contributed by atoms with Gasteiger partial charge in [-0.15, -0.1) is 11.3 Å². The van der Waals surface area contributed by atoms with Crippen LogP contribution in [0.4, 0.5) is 11.5 Å². The minimum absolute atomic E-state index is 0.0307. The standard InChI is InChI=1S/C20H15N5O2S2/c1-27-13-6-4-12(5-7-13)24-17(26)11-29-20-15(10-22)18(16-3-2-8-28-16)14(9-21)19(23)25-20/h2-8H,11H2,1H3,(H2,23,25)(H,24,26). The minimum atomic E-state index is -0.258. The molecule has 3 aromatic rings. The topological polar surface area (TPSA) is 125 Å². The number of methoxy groups -OCH3 is 1. The highest BCUT2D eigenvalue weighted by Crippen LogP contribution is 2.37. The van der Waals surface area contributed by atoms with E-state index >= 15 is 0 Å². The zero-order valence-electron chi connectivity index (χ0n) is 15.3. The van der Waals surface area contributed by atoms with E-state index in [2.05, 4.69) is 16.4 Å². The van der Waals surface area contributed by atoms with Crippen molar-refractivity contribution in [3.05, 3.63) is 52.9 Å². The maximum Gasteiger partial charge on any atom is 0.234 e. The molecule has 0 aliphatic rings. The van der Waals surface area contributed by atoms with E-state index < -0.39 is 0 Å². The first-order valence-electron chi connectivity index (χ1n) is 8.31. The summed E-state index contributed by atoms with van der Waals surface area (Å²) in [6, 6.07) is 14.7. The third-order valence-corrected chi connectivity index (χ3v) is 5.76. The number of rotatable bonds is 6. The van der Waals surface area contributed by atoms with E-state index in [1.165, 1.54) is 11.3 Å². The van der Waals surface area contributed by atoms with Crippen molar-refractivity contribution in [2.45, 2.75) is 5.03 Å². The van der Waals surface area contributed by atoms with E-state index in [1.807, 2.05) is 23.6 Å². The van der Waals surface area contributed by atoms with Crippen LogP contribution in [-0.2, 0) is 4.79 Å². The van der Waals surface area contributed by atoms with Gasteiger partial charge in [0.05, 0.1) is 18.4 Å². The number of thioether (sulfide) groups is 1. The van der Waals surface area contributed by atoms with Crippen LogP contribution in [0.3, 0.4) is 0 Å². The molecule has 0 unspecified atom stereocenters. The Bertz CT molecular complexity index is 1110. The number of nitrogens with one attached hydrogen (secondary N) is 1. The molecule has 7 nitrogen and oxygen atoms in total. The predicted molar refractivity (Wildman–Crippen MR) is 114 cm³/mol. The van der Waals surface area contributed by atoms with Gasteiger partial charge in [-0.05, 0) is 35.7 Å². The van der Waals surface area contributed by atoms with Crippen molar-refractivity contribution < 1.29 is 9.53 Å². The minimum Gasteiger partial charge on any atom is -0.497 e. The average molecular weight is 422 g/mol. The van der Waals surface area contributed by atoms with Gasteiger partial charge in [0.25, 0.3) is 0 Å².